The number of carboxylic acids is 1. The number of carbonyl (C=O) groups is 2. The molecule has 0 spiro atoms. The second-order valence-electron chi connectivity index (χ2n) is 2.99. The van der Waals surface area contributed by atoms with Gasteiger partial charge in [-0.25, -0.2) is 9.59 Å². The number of carbonyl (C=O) groups excluding carboxylic acids is 1. The van der Waals surface area contributed by atoms with Crippen molar-refractivity contribution in [2.75, 3.05) is 6.61 Å². The van der Waals surface area contributed by atoms with Crippen molar-refractivity contribution in [1.82, 2.24) is 0 Å². The van der Waals surface area contributed by atoms with Gasteiger partial charge in [0.15, 0.2) is 0 Å². The summed E-state index contributed by atoms with van der Waals surface area (Å²) in [5.41, 5.74) is 0.0667. The van der Waals surface area contributed by atoms with Gasteiger partial charge < -0.3 is 9.84 Å². The molecule has 0 fully saturated rings. The average molecular weight is 236 g/mol. The van der Waals surface area contributed by atoms with Crippen molar-refractivity contribution < 1.29 is 19.4 Å². The maximum Gasteiger partial charge on any atom is 0.339 e. The second-order valence-corrected chi connectivity index (χ2v) is 2.99. The van der Waals surface area contributed by atoms with Gasteiger partial charge in [0.25, 0.3) is 0 Å². The average Bonchev–Trinajstić information content (AvgIpc) is 2.38. The molecule has 0 saturated carbocycles. The van der Waals surface area contributed by atoms with Crippen LogP contribution in [0.3, 0.4) is 0 Å². The third-order valence-electron chi connectivity index (χ3n) is 1.81. The van der Waals surface area contributed by atoms with Crippen LogP contribution < -0.4 is 0 Å². The minimum Gasteiger partial charge on any atom is -0.478 e. The summed E-state index contributed by atoms with van der Waals surface area (Å²) in [6.07, 6.45) is 0.709. The number of esters is 1. The fraction of sp³-hybridized carbons (Fsp3) is 0.231. The largest absolute Gasteiger partial charge is 0.478 e. The van der Waals surface area contributed by atoms with Gasteiger partial charge in [0.05, 0.1) is 17.7 Å². The van der Waals surface area contributed by atoms with Crippen LogP contribution in [0.5, 0.6) is 0 Å². The summed E-state index contributed by atoms with van der Waals surface area (Å²) in [6, 6.07) is 6.00. The van der Waals surface area contributed by atoms with Crippen molar-refractivity contribution >= 4 is 11.9 Å². The molecule has 1 aromatic rings. The second kappa shape index (κ2) is 8.10. The van der Waals surface area contributed by atoms with Gasteiger partial charge in [0, 0.05) is 0 Å². The quantitative estimate of drug-likeness (QED) is 0.645. The van der Waals surface area contributed by atoms with E-state index in [-0.39, 0.29) is 11.1 Å². The fourth-order valence-corrected chi connectivity index (χ4v) is 1.12. The smallest absolute Gasteiger partial charge is 0.339 e. The van der Waals surface area contributed by atoms with Crippen LogP contribution in [0.1, 0.15) is 34.1 Å². The van der Waals surface area contributed by atoms with Crippen molar-refractivity contribution in [3.63, 3.8) is 0 Å². The number of hydrogen-bond acceptors (Lipinski definition) is 3. The zero-order chi connectivity index (χ0) is 13.3. The molecule has 1 rings (SSSR count). The summed E-state index contributed by atoms with van der Waals surface area (Å²) in [5.74, 6) is -1.71. The van der Waals surface area contributed by atoms with Crippen LogP contribution >= 0.6 is 0 Å². The van der Waals surface area contributed by atoms with E-state index in [1.54, 1.807) is 12.1 Å². The van der Waals surface area contributed by atoms with Crippen molar-refractivity contribution in [3.8, 4) is 0 Å². The lowest BCUT2D eigenvalue weighted by Gasteiger charge is -2.05. The Balaban J connectivity index is 0.00000121. The van der Waals surface area contributed by atoms with Crippen molar-refractivity contribution in [1.29, 1.82) is 0 Å². The fourth-order valence-electron chi connectivity index (χ4n) is 1.12. The lowest BCUT2D eigenvalue weighted by atomic mass is 10.1. The first-order valence-electron chi connectivity index (χ1n) is 5.16. The molecule has 0 radical (unpaired) electrons. The van der Waals surface area contributed by atoms with Gasteiger partial charge >= 0.3 is 11.9 Å². The van der Waals surface area contributed by atoms with Gasteiger partial charge in [0.1, 0.15) is 0 Å². The normalized spacial score (nSPS) is 8.76. The topological polar surface area (TPSA) is 63.6 Å². The third-order valence-corrected chi connectivity index (χ3v) is 1.81. The molecule has 1 N–H and O–H groups in total. The number of benzene rings is 1. The monoisotopic (exact) mass is 236 g/mol. The van der Waals surface area contributed by atoms with E-state index in [9.17, 15) is 9.59 Å². The number of aromatic carboxylic acids is 1. The first-order chi connectivity index (χ1) is 8.16. The lowest BCUT2D eigenvalue weighted by molar-refractivity contribution is 0.0494. The van der Waals surface area contributed by atoms with E-state index in [2.05, 4.69) is 13.2 Å². The van der Waals surface area contributed by atoms with Crippen molar-refractivity contribution in [3.05, 3.63) is 48.6 Å². The highest BCUT2D eigenvalue weighted by molar-refractivity contribution is 6.02. The van der Waals surface area contributed by atoms with Gasteiger partial charge in [-0.2, -0.15) is 0 Å². The van der Waals surface area contributed by atoms with Crippen molar-refractivity contribution in [2.45, 2.75) is 13.3 Å². The number of hydrogen-bond donors (Lipinski definition) is 1. The molecule has 0 bridgehead atoms. The van der Waals surface area contributed by atoms with Crippen LogP contribution in [0.2, 0.25) is 0 Å². The summed E-state index contributed by atoms with van der Waals surface area (Å²) >= 11 is 0. The van der Waals surface area contributed by atoms with E-state index < -0.39 is 11.9 Å². The number of ether oxygens (including phenoxy) is 1. The molecule has 0 aliphatic heterocycles. The lowest BCUT2D eigenvalue weighted by Crippen LogP contribution is -2.11. The summed E-state index contributed by atoms with van der Waals surface area (Å²) in [6.45, 7) is 8.17. The molecular formula is C13H16O4. The molecule has 0 atom stereocenters. The predicted molar refractivity (Wildman–Crippen MR) is 65.2 cm³/mol. The third kappa shape index (κ3) is 4.51. The Morgan fingerprint density at radius 2 is 1.76 bits per heavy atom. The molecule has 4 nitrogen and oxygen atoms in total. The molecule has 0 aliphatic rings. The van der Waals surface area contributed by atoms with Gasteiger partial charge in [-0.3, -0.25) is 0 Å². The van der Waals surface area contributed by atoms with E-state index in [0.717, 1.165) is 0 Å². The van der Waals surface area contributed by atoms with Crippen LogP contribution in [-0.4, -0.2) is 23.7 Å². The first kappa shape index (κ1) is 14.9. The van der Waals surface area contributed by atoms with E-state index in [0.29, 0.717) is 13.0 Å². The Morgan fingerprint density at radius 1 is 1.24 bits per heavy atom. The highest BCUT2D eigenvalue weighted by Gasteiger charge is 2.16. The molecule has 1 aromatic carbocycles. The summed E-state index contributed by atoms with van der Waals surface area (Å²) < 4.78 is 4.87. The van der Waals surface area contributed by atoms with E-state index in [1.165, 1.54) is 12.1 Å². The Morgan fingerprint density at radius 3 is 2.24 bits per heavy atom. The molecule has 0 heterocycles. The van der Waals surface area contributed by atoms with Crippen molar-refractivity contribution in [2.24, 2.45) is 0 Å². The number of carboxylic acid groups (broad SMARTS) is 1. The maximum absolute atomic E-state index is 11.4. The zero-order valence-corrected chi connectivity index (χ0v) is 9.81. The minimum atomic E-state index is -1.13. The number of rotatable bonds is 4. The minimum absolute atomic E-state index is 0.0291. The highest BCUT2D eigenvalue weighted by Crippen LogP contribution is 2.10. The van der Waals surface area contributed by atoms with E-state index in [4.69, 9.17) is 9.84 Å². The zero-order valence-electron chi connectivity index (χ0n) is 9.81. The molecule has 0 unspecified atom stereocenters. The van der Waals surface area contributed by atoms with Gasteiger partial charge in [-0.1, -0.05) is 19.1 Å². The van der Waals surface area contributed by atoms with Crippen LogP contribution in [0, 0.1) is 0 Å². The highest BCUT2D eigenvalue weighted by atomic mass is 16.5. The summed E-state index contributed by atoms with van der Waals surface area (Å²) in [7, 11) is 0. The van der Waals surface area contributed by atoms with Gasteiger partial charge in [-0.15, -0.1) is 13.2 Å². The molecule has 4 heteroatoms. The molecule has 92 valence electrons. The van der Waals surface area contributed by atoms with Crippen LogP contribution in [-0.2, 0) is 4.74 Å². The molecule has 17 heavy (non-hydrogen) atoms. The summed E-state index contributed by atoms with van der Waals surface area (Å²) in [4.78, 5) is 22.2. The predicted octanol–water partition coefficient (Wildman–Crippen LogP) is 2.75. The maximum atomic E-state index is 11.4. The van der Waals surface area contributed by atoms with E-state index in [1.807, 2.05) is 6.92 Å². The van der Waals surface area contributed by atoms with E-state index >= 15 is 0 Å². The van der Waals surface area contributed by atoms with Crippen LogP contribution in [0.4, 0.5) is 0 Å². The van der Waals surface area contributed by atoms with Gasteiger partial charge in [-0.05, 0) is 18.6 Å². The summed E-state index contributed by atoms with van der Waals surface area (Å²) in [5, 5.41) is 8.83. The first-order valence-corrected chi connectivity index (χ1v) is 5.16. The Kier molecular flexibility index (Phi) is 7.10. The Labute approximate surface area is 101 Å². The van der Waals surface area contributed by atoms with Crippen LogP contribution in [0.25, 0.3) is 0 Å². The van der Waals surface area contributed by atoms with Crippen LogP contribution in [0.15, 0.2) is 37.4 Å². The molecule has 0 saturated heterocycles. The standard InChI is InChI=1S/C11H12O4.C2H4/c1-2-7-15-11(14)9-6-4-3-5-8(9)10(12)13;1-2/h3-6H,2,7H2,1H3,(H,12,13);1-2H2. The molecular weight excluding hydrogens is 220 g/mol. The molecule has 0 amide bonds. The Bertz CT molecular complexity index is 385. The SMILES string of the molecule is C=C.CCCOC(=O)c1ccccc1C(=O)O. The Hall–Kier alpha value is -2.10. The molecule has 0 aromatic heterocycles. The molecule has 0 aliphatic carbocycles. The van der Waals surface area contributed by atoms with Gasteiger partial charge in [0.2, 0.25) is 0 Å².